The third-order valence-corrected chi connectivity index (χ3v) is 6.93. The van der Waals surface area contributed by atoms with Gasteiger partial charge < -0.3 is 26.8 Å². The fourth-order valence-electron chi connectivity index (χ4n) is 4.70. The molecule has 0 aliphatic carbocycles. The zero-order valence-corrected chi connectivity index (χ0v) is 21.2. The summed E-state index contributed by atoms with van der Waals surface area (Å²) in [6, 6.07) is -0.856. The molecule has 0 saturated carbocycles. The van der Waals surface area contributed by atoms with E-state index in [2.05, 4.69) is 0 Å². The van der Waals surface area contributed by atoms with Gasteiger partial charge in [0.05, 0.1) is 0 Å². The van der Waals surface area contributed by atoms with Crippen LogP contribution in [0.5, 0.6) is 0 Å². The zero-order chi connectivity index (χ0) is 36.2. The minimum Gasteiger partial charge on any atom is -0.398 e. The third-order valence-electron chi connectivity index (χ3n) is 6.93. The molecule has 3 rings (SSSR count). The van der Waals surface area contributed by atoms with E-state index < -0.39 is 110 Å². The lowest BCUT2D eigenvalue weighted by Gasteiger charge is -2.38. The second-order valence-electron chi connectivity index (χ2n) is 9.65. The molecule has 23 heteroatoms. The van der Waals surface area contributed by atoms with Crippen molar-refractivity contribution < 1.29 is 94.3 Å². The Labute approximate surface area is 240 Å². The van der Waals surface area contributed by atoms with E-state index in [1.54, 1.807) is 0 Å². The van der Waals surface area contributed by atoms with Crippen LogP contribution >= 0.6 is 0 Å². The van der Waals surface area contributed by atoms with Gasteiger partial charge in [-0.05, 0) is 45.8 Å². The van der Waals surface area contributed by atoms with Crippen LogP contribution in [-0.4, -0.2) is 52.4 Å². The smallest absolute Gasteiger partial charge is 0.398 e. The van der Waals surface area contributed by atoms with Gasteiger partial charge in [-0.2, -0.15) is 79.0 Å². The van der Waals surface area contributed by atoms with Gasteiger partial charge in [0.15, 0.2) is 0 Å². The predicted molar refractivity (Wildman–Crippen MR) is 118 cm³/mol. The molecule has 0 fully saturated rings. The van der Waals surface area contributed by atoms with Gasteiger partial charge in [0.25, 0.3) is 16.8 Å². The number of anilines is 2. The van der Waals surface area contributed by atoms with E-state index in [0.717, 1.165) is 0 Å². The molecular weight excluding hydrogens is 694 g/mol. The Balaban J connectivity index is 2.85. The third kappa shape index (κ3) is 4.88. The molecule has 7 N–H and O–H groups in total. The van der Waals surface area contributed by atoms with E-state index in [0.29, 0.717) is 6.07 Å². The highest BCUT2D eigenvalue weighted by Gasteiger charge is 2.76. The van der Waals surface area contributed by atoms with E-state index in [1.807, 2.05) is 0 Å². The van der Waals surface area contributed by atoms with E-state index in [1.165, 1.54) is 0 Å². The summed E-state index contributed by atoms with van der Waals surface area (Å²) in [5.41, 5.74) is -21.9. The van der Waals surface area contributed by atoms with Crippen LogP contribution in [0.15, 0.2) is 30.3 Å². The Bertz CT molecular complexity index is 1640. The molecule has 0 aliphatic rings. The molecule has 0 spiro atoms. The number of aliphatic hydroxyl groups is 3. The first-order valence-electron chi connectivity index (χ1n) is 11.3. The van der Waals surface area contributed by atoms with Crippen LogP contribution in [0, 0.1) is 0 Å². The Hall–Kier alpha value is -3.60. The monoisotopic (exact) mass is 706 g/mol. The maximum Gasteiger partial charge on any atom is 0.430 e. The topological polar surface area (TPSA) is 113 Å². The van der Waals surface area contributed by atoms with Crippen LogP contribution < -0.4 is 11.5 Å². The van der Waals surface area contributed by atoms with Crippen LogP contribution in [0.3, 0.4) is 0 Å². The van der Waals surface area contributed by atoms with Crippen LogP contribution in [0.25, 0.3) is 21.5 Å². The summed E-state index contributed by atoms with van der Waals surface area (Å²) in [6.45, 7) is 0. The molecule has 3 aromatic rings. The van der Waals surface area contributed by atoms with Crippen LogP contribution in [0.4, 0.5) is 90.4 Å². The molecule has 0 unspecified atom stereocenters. The molecule has 0 aromatic heterocycles. The number of alkyl halides is 18. The lowest BCUT2D eigenvalue weighted by atomic mass is 9.79. The van der Waals surface area contributed by atoms with Crippen molar-refractivity contribution in [3.63, 3.8) is 0 Å². The molecule has 5 nitrogen and oxygen atoms in total. The van der Waals surface area contributed by atoms with Crippen LogP contribution in [-0.2, 0) is 16.8 Å². The number of halogens is 18. The maximum atomic E-state index is 13.9. The molecule has 258 valence electrons. The van der Waals surface area contributed by atoms with Gasteiger partial charge in [-0.3, -0.25) is 0 Å². The van der Waals surface area contributed by atoms with Crippen molar-refractivity contribution >= 4 is 32.9 Å². The molecule has 0 radical (unpaired) electrons. The Kier molecular flexibility index (Phi) is 7.98. The van der Waals surface area contributed by atoms with Crippen molar-refractivity contribution in [2.75, 3.05) is 11.5 Å². The molecule has 3 aromatic carbocycles. The summed E-state index contributed by atoms with van der Waals surface area (Å²) < 4.78 is 248. The van der Waals surface area contributed by atoms with Crippen molar-refractivity contribution in [1.82, 2.24) is 0 Å². The molecule has 0 heterocycles. The maximum absolute atomic E-state index is 13.9. The zero-order valence-electron chi connectivity index (χ0n) is 21.2. The fourth-order valence-corrected chi connectivity index (χ4v) is 4.70. The Morgan fingerprint density at radius 2 is 0.739 bits per heavy atom. The first-order valence-corrected chi connectivity index (χ1v) is 11.3. The minimum absolute atomic E-state index is 0.134. The van der Waals surface area contributed by atoms with Crippen molar-refractivity contribution in [2.24, 2.45) is 0 Å². The summed E-state index contributed by atoms with van der Waals surface area (Å²) in [6.07, 6.45) is -42.0. The quantitative estimate of drug-likeness (QED) is 0.114. The SMILES string of the molecule is Nc1ccc2cc3c(C(O)(C(F)(F)F)C(F)(F)F)c(N)c(C(O)(C(F)(F)F)C(F)(F)F)cc3cc2c1C(O)(C(F)(F)F)C(F)(F)F. The van der Waals surface area contributed by atoms with Gasteiger partial charge in [0, 0.05) is 28.1 Å². The van der Waals surface area contributed by atoms with Gasteiger partial charge in [-0.25, -0.2) is 0 Å². The van der Waals surface area contributed by atoms with Gasteiger partial charge in [-0.15, -0.1) is 0 Å². The highest BCUT2D eigenvalue weighted by atomic mass is 19.4. The molecule has 46 heavy (non-hydrogen) atoms. The lowest BCUT2D eigenvalue weighted by molar-refractivity contribution is -0.377. The van der Waals surface area contributed by atoms with Crippen LogP contribution in [0.2, 0.25) is 0 Å². The summed E-state index contributed by atoms with van der Waals surface area (Å²) in [7, 11) is 0. The summed E-state index contributed by atoms with van der Waals surface area (Å²) in [4.78, 5) is 0. The number of hydrogen-bond donors (Lipinski definition) is 5. The van der Waals surface area contributed by atoms with E-state index in [-0.39, 0.29) is 18.2 Å². The number of hydrogen-bond acceptors (Lipinski definition) is 5. The Morgan fingerprint density at radius 1 is 0.413 bits per heavy atom. The van der Waals surface area contributed by atoms with Gasteiger partial charge in [-0.1, -0.05) is 6.07 Å². The number of rotatable bonds is 3. The largest absolute Gasteiger partial charge is 0.430 e. The molecule has 0 bridgehead atoms. The number of nitrogens with two attached hydrogens (primary N) is 2. The molecule has 0 atom stereocenters. The second kappa shape index (κ2) is 9.95. The fraction of sp³-hybridized carbons (Fsp3) is 0.391. The van der Waals surface area contributed by atoms with E-state index in [9.17, 15) is 94.3 Å². The summed E-state index contributed by atoms with van der Waals surface area (Å²) in [5, 5.41) is 22.9. The molecule has 0 amide bonds. The summed E-state index contributed by atoms with van der Waals surface area (Å²) >= 11 is 0. The van der Waals surface area contributed by atoms with Crippen molar-refractivity contribution in [3.05, 3.63) is 47.0 Å². The second-order valence-corrected chi connectivity index (χ2v) is 9.65. The van der Waals surface area contributed by atoms with Crippen molar-refractivity contribution in [3.8, 4) is 0 Å². The highest BCUT2D eigenvalue weighted by molar-refractivity contribution is 6.05. The van der Waals surface area contributed by atoms with Gasteiger partial charge in [0.2, 0.25) is 0 Å². The van der Waals surface area contributed by atoms with Crippen molar-refractivity contribution in [1.29, 1.82) is 0 Å². The van der Waals surface area contributed by atoms with Gasteiger partial charge in [0.1, 0.15) is 0 Å². The minimum atomic E-state index is -7.12. The van der Waals surface area contributed by atoms with E-state index in [4.69, 9.17) is 11.5 Å². The predicted octanol–water partition coefficient (Wildman–Crippen LogP) is 7.09. The highest BCUT2D eigenvalue weighted by Crippen LogP contribution is 2.59. The number of nitrogen functional groups attached to an aromatic ring is 2. The standard InChI is InChI=1S/C23H12F18N2O3/c24-18(25,26)15(44,19(27,28)29)10-5-7-4-8-6(1-2-11(42)12(8)16(45,20(30,31)32)21(33,34)35)3-9(7)13(14(10)43)17(46,22(36,37)38)23(39,40)41/h1-5,44-46H,42-43H2. The average molecular weight is 706 g/mol. The number of fused-ring (bicyclic) bond motifs is 2. The molecule has 0 aliphatic heterocycles. The summed E-state index contributed by atoms with van der Waals surface area (Å²) in [5.74, 6) is 0. The average Bonchev–Trinajstić information content (AvgIpc) is 2.82. The Morgan fingerprint density at radius 3 is 1.11 bits per heavy atom. The first-order chi connectivity index (χ1) is 20.1. The lowest BCUT2D eigenvalue weighted by Crippen LogP contribution is -2.56. The molecular formula is C23H12F18N2O3. The number of benzene rings is 3. The normalized spacial score (nSPS) is 15.2. The van der Waals surface area contributed by atoms with Crippen LogP contribution in [0.1, 0.15) is 16.7 Å². The molecule has 0 saturated heterocycles. The van der Waals surface area contributed by atoms with E-state index >= 15 is 0 Å². The first kappa shape index (κ1) is 36.9. The van der Waals surface area contributed by atoms with Gasteiger partial charge >= 0.3 is 37.1 Å². The van der Waals surface area contributed by atoms with Crippen molar-refractivity contribution in [2.45, 2.75) is 53.9 Å².